The van der Waals surface area contributed by atoms with Crippen molar-refractivity contribution in [2.45, 2.75) is 19.4 Å². The average Bonchev–Trinajstić information content (AvgIpc) is 2.78. The number of nitrogen functional groups attached to an aromatic ring is 1. The van der Waals surface area contributed by atoms with Gasteiger partial charge in [0.05, 0.1) is 5.56 Å². The van der Waals surface area contributed by atoms with E-state index >= 15 is 0 Å². The molecule has 0 unspecified atom stereocenters. The molecule has 1 heterocycles. The van der Waals surface area contributed by atoms with Crippen molar-refractivity contribution in [3.8, 4) is 0 Å². The lowest BCUT2D eigenvalue weighted by Crippen LogP contribution is -2.48. The van der Waals surface area contributed by atoms with Crippen molar-refractivity contribution in [2.75, 3.05) is 26.4 Å². The fourth-order valence-corrected chi connectivity index (χ4v) is 1.88. The first-order valence-corrected chi connectivity index (χ1v) is 6.63. The number of H-pyrrole nitrogens is 1. The van der Waals surface area contributed by atoms with E-state index in [2.05, 4.69) is 29.0 Å². The molecular formula is C15H22N4O. The lowest BCUT2D eigenvalue weighted by Gasteiger charge is -2.32. The molecule has 108 valence electrons. The third-order valence-corrected chi connectivity index (χ3v) is 3.84. The van der Waals surface area contributed by atoms with Crippen LogP contribution in [0.2, 0.25) is 0 Å². The normalized spacial score (nSPS) is 12.1. The minimum absolute atomic E-state index is 0.0863. The highest BCUT2D eigenvalue weighted by Gasteiger charge is 2.22. The summed E-state index contributed by atoms with van der Waals surface area (Å²) in [6, 6.07) is 5.51. The Kier molecular flexibility index (Phi) is 3.72. The van der Waals surface area contributed by atoms with E-state index in [1.807, 2.05) is 32.3 Å². The molecule has 0 fully saturated rings. The van der Waals surface area contributed by atoms with Gasteiger partial charge in [-0.2, -0.15) is 0 Å². The molecule has 0 radical (unpaired) electrons. The molecule has 2 aromatic rings. The van der Waals surface area contributed by atoms with Gasteiger partial charge in [-0.25, -0.2) is 0 Å². The Balaban J connectivity index is 2.18. The number of nitrogens with two attached hydrogens (primary N) is 1. The van der Waals surface area contributed by atoms with Gasteiger partial charge in [-0.1, -0.05) is 0 Å². The molecule has 0 bridgehead atoms. The number of benzene rings is 1. The molecule has 1 amide bonds. The Morgan fingerprint density at radius 1 is 1.40 bits per heavy atom. The van der Waals surface area contributed by atoms with Crippen molar-refractivity contribution in [1.29, 1.82) is 0 Å². The summed E-state index contributed by atoms with van der Waals surface area (Å²) in [7, 11) is 4.00. The van der Waals surface area contributed by atoms with Crippen LogP contribution in [0, 0.1) is 0 Å². The summed E-state index contributed by atoms with van der Waals surface area (Å²) < 4.78 is 0. The van der Waals surface area contributed by atoms with Gasteiger partial charge < -0.3 is 20.9 Å². The second-order valence-corrected chi connectivity index (χ2v) is 5.90. The van der Waals surface area contributed by atoms with Crippen LogP contribution in [0.3, 0.4) is 0 Å². The molecule has 1 aromatic carbocycles. The second kappa shape index (κ2) is 5.17. The number of nitrogens with one attached hydrogen (secondary N) is 2. The number of nitrogens with zero attached hydrogens (tertiary/aromatic N) is 1. The van der Waals surface area contributed by atoms with E-state index in [0.717, 1.165) is 10.9 Å². The van der Waals surface area contributed by atoms with Crippen LogP contribution in [0.15, 0.2) is 24.4 Å². The van der Waals surface area contributed by atoms with Crippen LogP contribution in [-0.2, 0) is 0 Å². The Morgan fingerprint density at radius 2 is 2.10 bits per heavy atom. The van der Waals surface area contributed by atoms with Gasteiger partial charge in [-0.3, -0.25) is 4.79 Å². The van der Waals surface area contributed by atoms with E-state index in [9.17, 15) is 4.79 Å². The standard InChI is InChI=1S/C15H22N4O/c1-15(2,19(3)4)9-18-14(20)12-8-17-13-6-5-10(16)7-11(12)13/h5-8,17H,9,16H2,1-4H3,(H,18,20). The number of carbonyl (C=O) groups excluding carboxylic acids is 1. The fraction of sp³-hybridized carbons (Fsp3) is 0.400. The maximum absolute atomic E-state index is 12.3. The quantitative estimate of drug-likeness (QED) is 0.745. The maximum atomic E-state index is 12.3. The van der Waals surface area contributed by atoms with E-state index in [1.165, 1.54) is 0 Å². The Labute approximate surface area is 119 Å². The van der Waals surface area contributed by atoms with Crippen LogP contribution in [-0.4, -0.2) is 42.0 Å². The highest BCUT2D eigenvalue weighted by atomic mass is 16.1. The summed E-state index contributed by atoms with van der Waals surface area (Å²) >= 11 is 0. The smallest absolute Gasteiger partial charge is 0.253 e. The maximum Gasteiger partial charge on any atom is 0.253 e. The third-order valence-electron chi connectivity index (χ3n) is 3.84. The highest BCUT2D eigenvalue weighted by Crippen LogP contribution is 2.21. The van der Waals surface area contributed by atoms with E-state index < -0.39 is 0 Å². The van der Waals surface area contributed by atoms with Crippen LogP contribution in [0.5, 0.6) is 0 Å². The molecule has 0 saturated carbocycles. The number of amides is 1. The zero-order chi connectivity index (χ0) is 14.9. The Bertz CT molecular complexity index is 628. The molecule has 0 spiro atoms. The van der Waals surface area contributed by atoms with Crippen molar-refractivity contribution >= 4 is 22.5 Å². The minimum Gasteiger partial charge on any atom is -0.399 e. The number of aromatic amines is 1. The van der Waals surface area contributed by atoms with E-state index in [4.69, 9.17) is 5.73 Å². The first-order chi connectivity index (χ1) is 9.31. The Morgan fingerprint density at radius 3 is 2.75 bits per heavy atom. The van der Waals surface area contributed by atoms with Crippen LogP contribution >= 0.6 is 0 Å². The van der Waals surface area contributed by atoms with Gasteiger partial charge in [-0.15, -0.1) is 0 Å². The van der Waals surface area contributed by atoms with Crippen LogP contribution in [0.1, 0.15) is 24.2 Å². The molecule has 4 N–H and O–H groups in total. The van der Waals surface area contributed by atoms with Crippen molar-refractivity contribution in [3.63, 3.8) is 0 Å². The van der Waals surface area contributed by atoms with Crippen molar-refractivity contribution in [2.24, 2.45) is 0 Å². The van der Waals surface area contributed by atoms with Crippen LogP contribution in [0.4, 0.5) is 5.69 Å². The molecule has 0 saturated heterocycles. The number of hydrogen-bond acceptors (Lipinski definition) is 3. The summed E-state index contributed by atoms with van der Waals surface area (Å²) in [5.74, 6) is -0.0863. The third kappa shape index (κ3) is 2.77. The van der Waals surface area contributed by atoms with E-state index in [-0.39, 0.29) is 11.4 Å². The second-order valence-electron chi connectivity index (χ2n) is 5.90. The fourth-order valence-electron chi connectivity index (χ4n) is 1.88. The highest BCUT2D eigenvalue weighted by molar-refractivity contribution is 6.07. The SMILES string of the molecule is CN(C)C(C)(C)CNC(=O)c1c[nH]c2ccc(N)cc12. The topological polar surface area (TPSA) is 74.2 Å². The molecule has 1 aromatic heterocycles. The van der Waals surface area contributed by atoms with Gasteiger partial charge in [0, 0.05) is 34.9 Å². The van der Waals surface area contributed by atoms with Crippen LogP contribution < -0.4 is 11.1 Å². The van der Waals surface area contributed by atoms with Gasteiger partial charge in [0.1, 0.15) is 0 Å². The molecule has 0 aliphatic carbocycles. The molecule has 20 heavy (non-hydrogen) atoms. The number of hydrogen-bond donors (Lipinski definition) is 3. The summed E-state index contributed by atoms with van der Waals surface area (Å²) in [5, 5.41) is 3.83. The van der Waals surface area contributed by atoms with Crippen LogP contribution in [0.25, 0.3) is 10.9 Å². The first kappa shape index (κ1) is 14.4. The predicted molar refractivity (Wildman–Crippen MR) is 82.8 cm³/mol. The van der Waals surface area contributed by atoms with E-state index in [1.54, 1.807) is 6.20 Å². The van der Waals surface area contributed by atoms with Crippen molar-refractivity contribution in [3.05, 3.63) is 30.0 Å². The summed E-state index contributed by atoms with van der Waals surface area (Å²) in [6.45, 7) is 4.74. The van der Waals surface area contributed by atoms with Crippen molar-refractivity contribution < 1.29 is 4.79 Å². The van der Waals surface area contributed by atoms with Gasteiger partial charge in [0.2, 0.25) is 0 Å². The molecule has 2 rings (SSSR count). The summed E-state index contributed by atoms with van der Waals surface area (Å²) in [4.78, 5) is 17.5. The zero-order valence-corrected chi connectivity index (χ0v) is 12.4. The number of anilines is 1. The first-order valence-electron chi connectivity index (χ1n) is 6.63. The number of fused-ring (bicyclic) bond motifs is 1. The average molecular weight is 274 g/mol. The van der Waals surface area contributed by atoms with Gasteiger partial charge in [-0.05, 0) is 46.1 Å². The van der Waals surface area contributed by atoms with Gasteiger partial charge in [0.25, 0.3) is 5.91 Å². The molecule has 5 heteroatoms. The number of aromatic nitrogens is 1. The lowest BCUT2D eigenvalue weighted by atomic mass is 10.0. The number of rotatable bonds is 4. The van der Waals surface area contributed by atoms with Crippen molar-refractivity contribution in [1.82, 2.24) is 15.2 Å². The molecule has 0 atom stereocenters. The Hall–Kier alpha value is -2.01. The molecule has 0 aliphatic heterocycles. The summed E-state index contributed by atoms with van der Waals surface area (Å²) in [6.07, 6.45) is 1.72. The van der Waals surface area contributed by atoms with Gasteiger partial charge >= 0.3 is 0 Å². The monoisotopic (exact) mass is 274 g/mol. The molecule has 0 aliphatic rings. The lowest BCUT2D eigenvalue weighted by molar-refractivity contribution is 0.0921. The van der Waals surface area contributed by atoms with E-state index in [0.29, 0.717) is 17.8 Å². The summed E-state index contributed by atoms with van der Waals surface area (Å²) in [5.41, 5.74) is 7.88. The zero-order valence-electron chi connectivity index (χ0n) is 12.4. The number of likely N-dealkylation sites (N-methyl/N-ethyl adjacent to an activating group) is 1. The molecule has 5 nitrogen and oxygen atoms in total. The largest absolute Gasteiger partial charge is 0.399 e. The van der Waals surface area contributed by atoms with Gasteiger partial charge in [0.15, 0.2) is 0 Å². The minimum atomic E-state index is -0.0964. The molecular weight excluding hydrogens is 252 g/mol. The predicted octanol–water partition coefficient (Wildman–Crippen LogP) is 1.82. The number of carbonyl (C=O) groups is 1.